The van der Waals surface area contributed by atoms with Gasteiger partial charge in [0.25, 0.3) is 0 Å². The van der Waals surface area contributed by atoms with Gasteiger partial charge in [-0.25, -0.2) is 0 Å². The molecule has 1 aromatic carbocycles. The largest absolute Gasteiger partial charge is 0.367 e. The minimum Gasteiger partial charge on any atom is -0.367 e. The molecule has 1 saturated heterocycles. The van der Waals surface area contributed by atoms with Crippen molar-refractivity contribution in [1.82, 2.24) is 4.90 Å². The van der Waals surface area contributed by atoms with Gasteiger partial charge in [-0.15, -0.1) is 0 Å². The second kappa shape index (κ2) is 6.40. The SMILES string of the molecule is CC1CN(C)CCCN1c1ccc(CBr)c(Br)c1. The molecular formula is C14H20Br2N2. The minimum atomic E-state index is 0.569. The van der Waals surface area contributed by atoms with E-state index in [9.17, 15) is 0 Å². The molecule has 1 unspecified atom stereocenters. The van der Waals surface area contributed by atoms with E-state index < -0.39 is 0 Å². The molecule has 1 atom stereocenters. The Balaban J connectivity index is 2.21. The lowest BCUT2D eigenvalue weighted by Crippen LogP contribution is -2.37. The molecule has 1 aromatic rings. The quantitative estimate of drug-likeness (QED) is 0.724. The Kier molecular flexibility index (Phi) is 5.10. The Morgan fingerprint density at radius 3 is 2.78 bits per heavy atom. The van der Waals surface area contributed by atoms with Crippen LogP contribution in [0.15, 0.2) is 22.7 Å². The number of nitrogens with zero attached hydrogens (tertiary/aromatic N) is 2. The second-order valence-electron chi connectivity index (χ2n) is 5.07. The molecule has 0 N–H and O–H groups in total. The van der Waals surface area contributed by atoms with E-state index in [4.69, 9.17) is 0 Å². The maximum atomic E-state index is 3.66. The van der Waals surface area contributed by atoms with Crippen LogP contribution in [0.1, 0.15) is 18.9 Å². The van der Waals surface area contributed by atoms with Crippen LogP contribution in [0, 0.1) is 0 Å². The van der Waals surface area contributed by atoms with E-state index in [2.05, 4.69) is 73.8 Å². The van der Waals surface area contributed by atoms with Gasteiger partial charge in [-0.1, -0.05) is 37.9 Å². The van der Waals surface area contributed by atoms with Crippen molar-refractivity contribution >= 4 is 37.5 Å². The number of benzene rings is 1. The fourth-order valence-corrected chi connectivity index (χ4v) is 3.95. The maximum absolute atomic E-state index is 3.66. The highest BCUT2D eigenvalue weighted by Crippen LogP contribution is 2.27. The standard InChI is InChI=1S/C14H20Br2N2/c1-11-10-17(2)6-3-7-18(11)13-5-4-12(9-15)14(16)8-13/h4-5,8,11H,3,6-7,9-10H2,1-2H3. The molecule has 0 aliphatic carbocycles. The summed E-state index contributed by atoms with van der Waals surface area (Å²) in [6.07, 6.45) is 1.23. The van der Waals surface area contributed by atoms with E-state index in [1.807, 2.05) is 0 Å². The van der Waals surface area contributed by atoms with Gasteiger partial charge in [0.2, 0.25) is 0 Å². The third-order valence-electron chi connectivity index (χ3n) is 3.56. The average Bonchev–Trinajstić information content (AvgIpc) is 2.50. The number of halogens is 2. The van der Waals surface area contributed by atoms with Crippen molar-refractivity contribution in [3.8, 4) is 0 Å². The molecule has 0 saturated carbocycles. The van der Waals surface area contributed by atoms with Gasteiger partial charge in [-0.05, 0) is 44.6 Å². The smallest absolute Gasteiger partial charge is 0.0388 e. The number of rotatable bonds is 2. The number of hydrogen-bond donors (Lipinski definition) is 0. The summed E-state index contributed by atoms with van der Waals surface area (Å²) in [6.45, 7) is 5.79. The highest BCUT2D eigenvalue weighted by Gasteiger charge is 2.20. The molecule has 0 radical (unpaired) electrons. The van der Waals surface area contributed by atoms with Gasteiger partial charge in [-0.3, -0.25) is 0 Å². The summed E-state index contributed by atoms with van der Waals surface area (Å²) in [7, 11) is 2.21. The zero-order chi connectivity index (χ0) is 13.1. The third-order valence-corrected chi connectivity index (χ3v) is 4.90. The molecular weight excluding hydrogens is 356 g/mol. The molecule has 2 rings (SSSR count). The summed E-state index contributed by atoms with van der Waals surface area (Å²) in [6, 6.07) is 7.26. The first-order chi connectivity index (χ1) is 8.61. The van der Waals surface area contributed by atoms with Gasteiger partial charge in [0.1, 0.15) is 0 Å². The van der Waals surface area contributed by atoms with Crippen LogP contribution >= 0.6 is 31.9 Å². The Hall–Kier alpha value is -0.0600. The summed E-state index contributed by atoms with van der Waals surface area (Å²) in [5.74, 6) is 0. The van der Waals surface area contributed by atoms with Gasteiger partial charge in [0, 0.05) is 34.6 Å². The van der Waals surface area contributed by atoms with Gasteiger partial charge in [0.15, 0.2) is 0 Å². The fraction of sp³-hybridized carbons (Fsp3) is 0.571. The summed E-state index contributed by atoms with van der Waals surface area (Å²) >= 11 is 7.17. The number of hydrogen-bond acceptors (Lipinski definition) is 2. The summed E-state index contributed by atoms with van der Waals surface area (Å²) in [5.41, 5.74) is 2.63. The molecule has 1 fully saturated rings. The van der Waals surface area contributed by atoms with E-state index in [1.54, 1.807) is 0 Å². The molecule has 1 heterocycles. The molecule has 0 amide bonds. The molecule has 0 bridgehead atoms. The lowest BCUT2D eigenvalue weighted by atomic mass is 10.2. The Labute approximate surface area is 127 Å². The van der Waals surface area contributed by atoms with Crippen LogP contribution in [0.3, 0.4) is 0 Å². The highest BCUT2D eigenvalue weighted by molar-refractivity contribution is 9.10. The fourth-order valence-electron chi connectivity index (χ4n) is 2.58. The van der Waals surface area contributed by atoms with E-state index in [0.29, 0.717) is 6.04 Å². The van der Waals surface area contributed by atoms with Crippen molar-refractivity contribution in [3.05, 3.63) is 28.2 Å². The number of likely N-dealkylation sites (N-methyl/N-ethyl adjacent to an activating group) is 1. The second-order valence-corrected chi connectivity index (χ2v) is 6.48. The third kappa shape index (κ3) is 3.28. The van der Waals surface area contributed by atoms with Crippen molar-refractivity contribution in [2.75, 3.05) is 31.6 Å². The lowest BCUT2D eigenvalue weighted by molar-refractivity contribution is 0.337. The van der Waals surface area contributed by atoms with Gasteiger partial charge < -0.3 is 9.80 Å². The van der Waals surface area contributed by atoms with Crippen LogP contribution in [0.2, 0.25) is 0 Å². The highest BCUT2D eigenvalue weighted by atomic mass is 79.9. The molecule has 100 valence electrons. The van der Waals surface area contributed by atoms with Gasteiger partial charge in [-0.2, -0.15) is 0 Å². The van der Waals surface area contributed by atoms with E-state index in [1.165, 1.54) is 28.7 Å². The molecule has 1 aliphatic heterocycles. The maximum Gasteiger partial charge on any atom is 0.0388 e. The Bertz CT molecular complexity index is 409. The number of alkyl halides is 1. The van der Waals surface area contributed by atoms with Gasteiger partial charge in [0.05, 0.1) is 0 Å². The first kappa shape index (κ1) is 14.4. The monoisotopic (exact) mass is 374 g/mol. The lowest BCUT2D eigenvalue weighted by Gasteiger charge is -2.30. The summed E-state index contributed by atoms with van der Waals surface area (Å²) < 4.78 is 1.20. The van der Waals surface area contributed by atoms with E-state index in [0.717, 1.165) is 18.4 Å². The van der Waals surface area contributed by atoms with Crippen LogP contribution in [0.25, 0.3) is 0 Å². The predicted octanol–water partition coefficient (Wildman–Crippen LogP) is 3.87. The Morgan fingerprint density at radius 1 is 1.33 bits per heavy atom. The molecule has 1 aliphatic rings. The first-order valence-corrected chi connectivity index (χ1v) is 8.33. The average molecular weight is 376 g/mol. The minimum absolute atomic E-state index is 0.569. The van der Waals surface area contributed by atoms with Crippen LogP contribution in [0.4, 0.5) is 5.69 Å². The predicted molar refractivity (Wildman–Crippen MR) is 85.7 cm³/mol. The molecule has 4 heteroatoms. The van der Waals surface area contributed by atoms with Crippen molar-refractivity contribution in [3.63, 3.8) is 0 Å². The molecule has 0 aromatic heterocycles. The summed E-state index contributed by atoms with van der Waals surface area (Å²) in [5, 5.41) is 0.895. The molecule has 0 spiro atoms. The summed E-state index contributed by atoms with van der Waals surface area (Å²) in [4.78, 5) is 4.94. The van der Waals surface area contributed by atoms with Crippen LogP contribution < -0.4 is 4.90 Å². The molecule has 18 heavy (non-hydrogen) atoms. The normalized spacial score (nSPS) is 22.0. The van der Waals surface area contributed by atoms with Crippen molar-refractivity contribution in [2.24, 2.45) is 0 Å². The zero-order valence-corrected chi connectivity index (χ0v) is 14.2. The van der Waals surface area contributed by atoms with Crippen LogP contribution in [0.5, 0.6) is 0 Å². The Morgan fingerprint density at radius 2 is 2.11 bits per heavy atom. The van der Waals surface area contributed by atoms with E-state index >= 15 is 0 Å². The van der Waals surface area contributed by atoms with Crippen molar-refractivity contribution in [1.29, 1.82) is 0 Å². The van der Waals surface area contributed by atoms with Crippen molar-refractivity contribution in [2.45, 2.75) is 24.7 Å². The molecule has 2 nitrogen and oxygen atoms in total. The van der Waals surface area contributed by atoms with Crippen molar-refractivity contribution < 1.29 is 0 Å². The zero-order valence-electron chi connectivity index (χ0n) is 11.0. The van der Waals surface area contributed by atoms with Crippen LogP contribution in [-0.2, 0) is 5.33 Å². The number of anilines is 1. The topological polar surface area (TPSA) is 6.48 Å². The van der Waals surface area contributed by atoms with Crippen LogP contribution in [-0.4, -0.2) is 37.6 Å². The van der Waals surface area contributed by atoms with Gasteiger partial charge >= 0.3 is 0 Å². The van der Waals surface area contributed by atoms with E-state index in [-0.39, 0.29) is 0 Å². The first-order valence-electron chi connectivity index (χ1n) is 6.41.